The Labute approximate surface area is 158 Å². The summed E-state index contributed by atoms with van der Waals surface area (Å²) >= 11 is 0. The number of aromatic amines is 1. The Morgan fingerprint density at radius 1 is 1.39 bits per heavy atom. The van der Waals surface area contributed by atoms with E-state index in [1.54, 1.807) is 0 Å². The van der Waals surface area contributed by atoms with Gasteiger partial charge in [-0.3, -0.25) is 4.79 Å². The lowest BCUT2D eigenvalue weighted by Crippen LogP contribution is -2.42. The summed E-state index contributed by atoms with van der Waals surface area (Å²) in [6.45, 7) is -0.475. The molecule has 0 bridgehead atoms. The van der Waals surface area contributed by atoms with Gasteiger partial charge in [0.25, 0.3) is 0 Å². The molecule has 0 fully saturated rings. The minimum absolute atomic E-state index is 0.118. The maximum atomic E-state index is 11.2. The Hall–Kier alpha value is -3.16. The molecule has 28 heavy (non-hydrogen) atoms. The number of esters is 1. The molecule has 1 amide bonds. The number of carboxylic acid groups (broad SMARTS) is 1. The molecule has 13 nitrogen and oxygen atoms in total. The average molecular weight is 402 g/mol. The molecule has 3 atom stereocenters. The molecule has 0 spiro atoms. The number of nitrogens with zero attached hydrogens (tertiary/aromatic N) is 1. The second-order valence-corrected chi connectivity index (χ2v) is 5.59. The van der Waals surface area contributed by atoms with E-state index >= 15 is 0 Å². The van der Waals surface area contributed by atoms with E-state index in [-0.39, 0.29) is 25.3 Å². The lowest BCUT2D eigenvalue weighted by molar-refractivity contribution is -0.147. The molecule has 1 aromatic heterocycles. The standard InChI is InChI=1S/C9H14N4O3.C6H8O6/c10-2-1-8(14)13-7(9(15)16)3-6-4-11-5-12-6;7-1-2(8)5-3(9)4(10)6(11)12-5/h4-5,7H,1-3,10H2,(H,11,12)(H,13,14)(H,15,16);2,5,7-10H,1H2/t7-;2-,5+/m00/s1. The Balaban J connectivity index is 0.000000292. The van der Waals surface area contributed by atoms with Crippen LogP contribution < -0.4 is 11.1 Å². The Morgan fingerprint density at radius 2 is 2.07 bits per heavy atom. The first-order valence-electron chi connectivity index (χ1n) is 8.02. The zero-order valence-electron chi connectivity index (χ0n) is 14.6. The number of aliphatic carboxylic acids is 1. The van der Waals surface area contributed by atoms with Crippen LogP contribution in [0, 0.1) is 0 Å². The van der Waals surface area contributed by atoms with E-state index in [2.05, 4.69) is 20.0 Å². The SMILES string of the molecule is NCCC(=O)N[C@@H](Cc1cnc[nH]1)C(=O)O.O=C1O[C@H]([C@@H](O)CO)C(O)=C1O. The number of H-pyrrole nitrogens is 1. The predicted molar refractivity (Wildman–Crippen MR) is 90.8 cm³/mol. The summed E-state index contributed by atoms with van der Waals surface area (Å²) in [5.41, 5.74) is 5.85. The molecule has 0 radical (unpaired) electrons. The summed E-state index contributed by atoms with van der Waals surface area (Å²) in [6, 6.07) is -0.959. The van der Waals surface area contributed by atoms with Gasteiger partial charge in [0.1, 0.15) is 12.1 Å². The second-order valence-electron chi connectivity index (χ2n) is 5.59. The number of cyclic esters (lactones) is 1. The van der Waals surface area contributed by atoms with Crippen molar-refractivity contribution in [3.63, 3.8) is 0 Å². The van der Waals surface area contributed by atoms with Crippen LogP contribution in [0.25, 0.3) is 0 Å². The van der Waals surface area contributed by atoms with Crippen molar-refractivity contribution in [1.82, 2.24) is 15.3 Å². The molecule has 2 rings (SSSR count). The highest BCUT2D eigenvalue weighted by molar-refractivity contribution is 5.89. The van der Waals surface area contributed by atoms with Gasteiger partial charge in [0.15, 0.2) is 11.9 Å². The van der Waals surface area contributed by atoms with Crippen molar-refractivity contribution >= 4 is 17.8 Å². The number of imidazole rings is 1. The Bertz CT molecular complexity index is 704. The van der Waals surface area contributed by atoms with Crippen LogP contribution in [-0.4, -0.2) is 84.7 Å². The van der Waals surface area contributed by atoms with Crippen molar-refractivity contribution < 1.29 is 44.7 Å². The molecule has 1 aliphatic heterocycles. The van der Waals surface area contributed by atoms with Crippen LogP contribution in [0.3, 0.4) is 0 Å². The lowest BCUT2D eigenvalue weighted by atomic mass is 10.1. The maximum Gasteiger partial charge on any atom is 0.377 e. The summed E-state index contributed by atoms with van der Waals surface area (Å²) in [5.74, 6) is -4.23. The first-order valence-corrected chi connectivity index (χ1v) is 8.02. The molecule has 0 aromatic carbocycles. The van der Waals surface area contributed by atoms with Crippen LogP contribution in [0.4, 0.5) is 0 Å². The fraction of sp³-hybridized carbons (Fsp3) is 0.467. The average Bonchev–Trinajstić information content (AvgIpc) is 3.25. The number of carboxylic acids is 1. The summed E-state index contributed by atoms with van der Waals surface area (Å²) in [6.07, 6.45) is 0.487. The number of aliphatic hydroxyl groups excluding tert-OH is 4. The van der Waals surface area contributed by atoms with E-state index in [0.717, 1.165) is 0 Å². The van der Waals surface area contributed by atoms with Crippen LogP contribution >= 0.6 is 0 Å². The van der Waals surface area contributed by atoms with Crippen LogP contribution in [-0.2, 0) is 25.5 Å². The number of hydrogen-bond acceptors (Lipinski definition) is 10. The second kappa shape index (κ2) is 10.9. The normalized spacial score (nSPS) is 18.0. The fourth-order valence-electron chi connectivity index (χ4n) is 2.04. The fourth-order valence-corrected chi connectivity index (χ4v) is 2.04. The van der Waals surface area contributed by atoms with E-state index in [4.69, 9.17) is 31.3 Å². The molecule has 0 aliphatic carbocycles. The number of aromatic nitrogens is 2. The molecule has 0 unspecified atom stereocenters. The number of ether oxygens (including phenoxy) is 1. The summed E-state index contributed by atoms with van der Waals surface area (Å²) in [5, 5.41) is 46.3. The number of nitrogens with one attached hydrogen (secondary N) is 2. The summed E-state index contributed by atoms with van der Waals surface area (Å²) in [4.78, 5) is 39.2. The highest BCUT2D eigenvalue weighted by atomic mass is 16.6. The topological polar surface area (TPSA) is 228 Å². The van der Waals surface area contributed by atoms with Crippen LogP contribution in [0.1, 0.15) is 12.1 Å². The molecule has 2 heterocycles. The largest absolute Gasteiger partial charge is 0.505 e. The molecule has 13 heteroatoms. The molecule has 156 valence electrons. The van der Waals surface area contributed by atoms with Crippen LogP contribution in [0.15, 0.2) is 24.0 Å². The van der Waals surface area contributed by atoms with E-state index in [1.807, 2.05) is 0 Å². The number of carbonyl (C=O) groups is 3. The first-order chi connectivity index (χ1) is 13.2. The third-order valence-corrected chi connectivity index (χ3v) is 3.46. The summed E-state index contributed by atoms with van der Waals surface area (Å²) < 4.78 is 4.32. The van der Waals surface area contributed by atoms with Gasteiger partial charge >= 0.3 is 11.9 Å². The minimum atomic E-state index is -1.42. The number of hydrogen-bond donors (Lipinski definition) is 8. The van der Waals surface area contributed by atoms with E-state index < -0.39 is 48.3 Å². The smallest absolute Gasteiger partial charge is 0.377 e. The Kier molecular flexibility index (Phi) is 8.87. The highest BCUT2D eigenvalue weighted by Crippen LogP contribution is 2.20. The van der Waals surface area contributed by atoms with Crippen molar-refractivity contribution in [1.29, 1.82) is 0 Å². The highest BCUT2D eigenvalue weighted by Gasteiger charge is 2.38. The quantitative estimate of drug-likeness (QED) is 0.211. The van der Waals surface area contributed by atoms with Gasteiger partial charge in [0.05, 0.1) is 12.9 Å². The van der Waals surface area contributed by atoms with Gasteiger partial charge in [-0.05, 0) is 0 Å². The third-order valence-electron chi connectivity index (χ3n) is 3.46. The van der Waals surface area contributed by atoms with Gasteiger partial charge in [0, 0.05) is 31.3 Å². The first kappa shape index (κ1) is 22.9. The molecule has 0 saturated carbocycles. The summed E-state index contributed by atoms with van der Waals surface area (Å²) in [7, 11) is 0. The predicted octanol–water partition coefficient (Wildman–Crippen LogP) is -2.54. The molecule has 1 aromatic rings. The number of amides is 1. The third kappa shape index (κ3) is 6.53. The van der Waals surface area contributed by atoms with Gasteiger partial charge in [-0.1, -0.05) is 0 Å². The van der Waals surface area contributed by atoms with Gasteiger partial charge in [-0.15, -0.1) is 0 Å². The maximum absolute atomic E-state index is 11.2. The van der Waals surface area contributed by atoms with Crippen molar-refractivity contribution in [2.24, 2.45) is 5.73 Å². The van der Waals surface area contributed by atoms with Crippen LogP contribution in [0.2, 0.25) is 0 Å². The Morgan fingerprint density at radius 3 is 2.50 bits per heavy atom. The van der Waals surface area contributed by atoms with Crippen molar-refractivity contribution in [3.8, 4) is 0 Å². The van der Waals surface area contributed by atoms with Gasteiger partial charge in [-0.25, -0.2) is 14.6 Å². The number of aliphatic hydroxyl groups is 4. The monoisotopic (exact) mass is 402 g/mol. The lowest BCUT2D eigenvalue weighted by Gasteiger charge is -2.13. The number of rotatable bonds is 8. The van der Waals surface area contributed by atoms with Gasteiger partial charge < -0.3 is 46.3 Å². The molecular formula is C15H22N4O9. The van der Waals surface area contributed by atoms with Crippen molar-refractivity contribution in [2.75, 3.05) is 13.2 Å². The van der Waals surface area contributed by atoms with E-state index in [9.17, 15) is 14.4 Å². The molecular weight excluding hydrogens is 380 g/mol. The molecule has 9 N–H and O–H groups in total. The van der Waals surface area contributed by atoms with Gasteiger partial charge in [-0.2, -0.15) is 0 Å². The molecule has 1 aliphatic rings. The number of nitrogens with two attached hydrogens (primary N) is 1. The zero-order chi connectivity index (χ0) is 21.3. The number of carbonyl (C=O) groups excluding carboxylic acids is 2. The minimum Gasteiger partial charge on any atom is -0.505 e. The zero-order valence-corrected chi connectivity index (χ0v) is 14.6. The van der Waals surface area contributed by atoms with E-state index in [1.165, 1.54) is 12.5 Å². The molecule has 0 saturated heterocycles. The van der Waals surface area contributed by atoms with Gasteiger partial charge in [0.2, 0.25) is 11.7 Å². The van der Waals surface area contributed by atoms with Crippen molar-refractivity contribution in [3.05, 3.63) is 29.7 Å². The van der Waals surface area contributed by atoms with Crippen molar-refractivity contribution in [2.45, 2.75) is 31.1 Å². The van der Waals surface area contributed by atoms with Crippen LogP contribution in [0.5, 0.6) is 0 Å². The van der Waals surface area contributed by atoms with E-state index in [0.29, 0.717) is 5.69 Å².